The van der Waals surface area contributed by atoms with Gasteiger partial charge >= 0.3 is 0 Å². The quantitative estimate of drug-likeness (QED) is 0.640. The number of likely N-dealkylation sites (tertiary alicyclic amines) is 1. The predicted octanol–water partition coefficient (Wildman–Crippen LogP) is 3.54. The van der Waals surface area contributed by atoms with Crippen LogP contribution in [-0.4, -0.2) is 39.6 Å². The van der Waals surface area contributed by atoms with E-state index in [2.05, 4.69) is 21.7 Å². The van der Waals surface area contributed by atoms with Gasteiger partial charge in [-0.15, -0.1) is 0 Å². The van der Waals surface area contributed by atoms with Crippen LogP contribution in [0.15, 0.2) is 60.7 Å². The van der Waals surface area contributed by atoms with Gasteiger partial charge in [-0.1, -0.05) is 30.3 Å². The number of aromatic amines is 1. The highest BCUT2D eigenvalue weighted by Crippen LogP contribution is 2.44. The van der Waals surface area contributed by atoms with E-state index in [1.807, 2.05) is 54.6 Å². The van der Waals surface area contributed by atoms with Crippen LogP contribution in [0.1, 0.15) is 23.3 Å². The van der Waals surface area contributed by atoms with Crippen LogP contribution in [0.4, 0.5) is 0 Å². The van der Waals surface area contributed by atoms with E-state index in [-0.39, 0.29) is 11.4 Å². The van der Waals surface area contributed by atoms with Crippen LogP contribution < -0.4 is 10.1 Å². The van der Waals surface area contributed by atoms with E-state index in [0.29, 0.717) is 29.6 Å². The fraction of sp³-hybridized carbons (Fsp3) is 0.261. The van der Waals surface area contributed by atoms with E-state index < -0.39 is 0 Å². The Bertz CT molecular complexity index is 1120. The molecule has 2 fully saturated rings. The van der Waals surface area contributed by atoms with Gasteiger partial charge in [-0.05, 0) is 43.2 Å². The smallest absolute Gasteiger partial charge is 0.269 e. The molecule has 2 N–H and O–H groups in total. The van der Waals surface area contributed by atoms with Crippen LogP contribution in [0.3, 0.4) is 0 Å². The fourth-order valence-corrected chi connectivity index (χ4v) is 4.37. The van der Waals surface area contributed by atoms with E-state index in [4.69, 9.17) is 4.74 Å². The van der Waals surface area contributed by atoms with Crippen molar-refractivity contribution in [2.75, 3.05) is 13.1 Å². The first-order valence-corrected chi connectivity index (χ1v) is 10.0. The molecule has 5 rings (SSSR count). The summed E-state index contributed by atoms with van der Waals surface area (Å²) in [4.78, 5) is 14.6. The van der Waals surface area contributed by atoms with Crippen molar-refractivity contribution in [1.29, 1.82) is 5.26 Å². The Morgan fingerprint density at radius 2 is 2.03 bits per heavy atom. The predicted molar refractivity (Wildman–Crippen MR) is 111 cm³/mol. The van der Waals surface area contributed by atoms with Gasteiger partial charge in [0.05, 0.1) is 17.8 Å². The Labute approximate surface area is 174 Å². The van der Waals surface area contributed by atoms with Crippen molar-refractivity contribution in [3.63, 3.8) is 0 Å². The number of H-pyrrole nitrogens is 1. The number of hydrogen-bond donors (Lipinski definition) is 2. The molecule has 2 aromatic carbocycles. The molecule has 1 aromatic heterocycles. The monoisotopic (exact) mass is 399 g/mol. The second-order valence-electron chi connectivity index (χ2n) is 7.90. The molecule has 7 heteroatoms. The second-order valence-corrected chi connectivity index (χ2v) is 7.90. The van der Waals surface area contributed by atoms with Crippen molar-refractivity contribution in [3.05, 3.63) is 66.4 Å². The summed E-state index contributed by atoms with van der Waals surface area (Å²) in [5.74, 6) is 1.54. The summed E-state index contributed by atoms with van der Waals surface area (Å²) in [6.07, 6.45) is 4.14. The number of carbonyl (C=O) groups excluding carboxylic acids is 1. The van der Waals surface area contributed by atoms with Crippen LogP contribution in [0.25, 0.3) is 11.3 Å². The summed E-state index contributed by atoms with van der Waals surface area (Å²) < 4.78 is 6.01. The van der Waals surface area contributed by atoms with Gasteiger partial charge < -0.3 is 15.0 Å². The van der Waals surface area contributed by atoms with Gasteiger partial charge in [-0.2, -0.15) is 10.4 Å². The van der Waals surface area contributed by atoms with Crippen molar-refractivity contribution in [2.24, 2.45) is 5.92 Å². The zero-order valence-electron chi connectivity index (χ0n) is 16.3. The summed E-state index contributed by atoms with van der Waals surface area (Å²) >= 11 is 0. The summed E-state index contributed by atoms with van der Waals surface area (Å²) in [5.41, 5.74) is 1.54. The molecule has 3 aromatic rings. The van der Waals surface area contributed by atoms with E-state index >= 15 is 0 Å². The van der Waals surface area contributed by atoms with Gasteiger partial charge in [0.1, 0.15) is 17.2 Å². The highest BCUT2D eigenvalue weighted by Gasteiger charge is 2.54. The molecule has 1 aliphatic carbocycles. The van der Waals surface area contributed by atoms with Crippen molar-refractivity contribution in [2.45, 2.75) is 18.4 Å². The number of para-hydroxylation sites is 2. The molecule has 0 bridgehead atoms. The molecule has 150 valence electrons. The van der Waals surface area contributed by atoms with E-state index in [1.54, 1.807) is 11.0 Å². The summed E-state index contributed by atoms with van der Waals surface area (Å²) in [6, 6.07) is 18.9. The van der Waals surface area contributed by atoms with Gasteiger partial charge in [0.15, 0.2) is 6.19 Å². The minimum absolute atomic E-state index is 0.195. The average Bonchev–Trinajstić information content (AvgIpc) is 3.34. The van der Waals surface area contributed by atoms with E-state index in [9.17, 15) is 10.1 Å². The standard InChI is InChI=1S/C23H21N5O2/c24-15-28-13-16-10-11-23(16,14-28)25-22(29)20-12-19(26-27-20)18-8-4-5-9-21(18)30-17-6-2-1-3-7-17/h1-9,12,16H,10-11,13-14H2,(H,25,29)(H,26,27)/t16?,23-/m0/s1. The number of aromatic nitrogens is 2. The lowest BCUT2D eigenvalue weighted by Gasteiger charge is -2.44. The molecule has 1 saturated carbocycles. The number of rotatable bonds is 5. The van der Waals surface area contributed by atoms with Crippen LogP contribution in [0.2, 0.25) is 0 Å². The SMILES string of the molecule is N#CN1CC2CC[C@]2(NC(=O)c2cc(-c3ccccc3Oc3ccccc3)n[nH]2)C1. The lowest BCUT2D eigenvalue weighted by molar-refractivity contribution is 0.0757. The molecule has 2 heterocycles. The molecule has 7 nitrogen and oxygen atoms in total. The van der Waals surface area contributed by atoms with E-state index in [1.165, 1.54) is 0 Å². The summed E-state index contributed by atoms with van der Waals surface area (Å²) in [5, 5.41) is 19.5. The molecule has 0 spiro atoms. The first-order valence-electron chi connectivity index (χ1n) is 10.0. The largest absolute Gasteiger partial charge is 0.457 e. The number of nitrogens with one attached hydrogen (secondary N) is 2. The van der Waals surface area contributed by atoms with Crippen LogP contribution in [0, 0.1) is 17.4 Å². The number of amides is 1. The molecular formula is C23H21N5O2. The molecule has 1 saturated heterocycles. The topological polar surface area (TPSA) is 94.0 Å². The Kier molecular flexibility index (Phi) is 4.40. The third-order valence-corrected chi connectivity index (χ3v) is 6.09. The van der Waals surface area contributed by atoms with Crippen molar-refractivity contribution < 1.29 is 9.53 Å². The molecule has 2 atom stereocenters. The van der Waals surface area contributed by atoms with Gasteiger partial charge in [0, 0.05) is 18.0 Å². The normalized spacial score (nSPS) is 22.0. The number of nitrogens with zero attached hydrogens (tertiary/aromatic N) is 3. The van der Waals surface area contributed by atoms with Crippen LogP contribution in [-0.2, 0) is 0 Å². The maximum atomic E-state index is 12.9. The lowest BCUT2D eigenvalue weighted by Crippen LogP contribution is -2.60. The number of carbonyl (C=O) groups is 1. The molecular weight excluding hydrogens is 378 g/mol. The zero-order valence-corrected chi connectivity index (χ0v) is 16.3. The second kappa shape index (κ2) is 7.23. The highest BCUT2D eigenvalue weighted by atomic mass is 16.5. The third kappa shape index (κ3) is 3.16. The maximum Gasteiger partial charge on any atom is 0.269 e. The van der Waals surface area contributed by atoms with Gasteiger partial charge in [0.2, 0.25) is 0 Å². The highest BCUT2D eigenvalue weighted by molar-refractivity contribution is 5.94. The van der Waals surface area contributed by atoms with Crippen molar-refractivity contribution in [1.82, 2.24) is 20.4 Å². The molecule has 0 radical (unpaired) electrons. The Morgan fingerprint density at radius 3 is 2.80 bits per heavy atom. The fourth-order valence-electron chi connectivity index (χ4n) is 4.37. The number of fused-ring (bicyclic) bond motifs is 1. The first-order chi connectivity index (χ1) is 14.7. The number of benzene rings is 2. The Morgan fingerprint density at radius 1 is 1.23 bits per heavy atom. The Balaban J connectivity index is 1.35. The first kappa shape index (κ1) is 18.3. The third-order valence-electron chi connectivity index (χ3n) is 6.09. The van der Waals surface area contributed by atoms with E-state index in [0.717, 1.165) is 30.7 Å². The maximum absolute atomic E-state index is 12.9. The number of nitriles is 1. The number of ether oxygens (including phenoxy) is 1. The minimum atomic E-state index is -0.299. The van der Waals surface area contributed by atoms with Gasteiger partial charge in [-0.25, -0.2) is 0 Å². The summed E-state index contributed by atoms with van der Waals surface area (Å²) in [7, 11) is 0. The molecule has 1 aliphatic heterocycles. The van der Waals surface area contributed by atoms with Gasteiger partial charge in [0.25, 0.3) is 5.91 Å². The molecule has 30 heavy (non-hydrogen) atoms. The molecule has 2 aliphatic rings. The minimum Gasteiger partial charge on any atom is -0.457 e. The van der Waals surface area contributed by atoms with Crippen LogP contribution >= 0.6 is 0 Å². The Hall–Kier alpha value is -3.79. The number of hydrogen-bond acceptors (Lipinski definition) is 5. The summed E-state index contributed by atoms with van der Waals surface area (Å²) in [6.45, 7) is 1.30. The zero-order chi connectivity index (χ0) is 20.6. The lowest BCUT2D eigenvalue weighted by atomic mass is 9.69. The average molecular weight is 399 g/mol. The van der Waals surface area contributed by atoms with Crippen LogP contribution in [0.5, 0.6) is 11.5 Å². The molecule has 1 unspecified atom stereocenters. The van der Waals surface area contributed by atoms with Gasteiger partial charge in [-0.3, -0.25) is 9.89 Å². The molecule has 1 amide bonds. The van der Waals surface area contributed by atoms with Crippen molar-refractivity contribution >= 4 is 5.91 Å². The van der Waals surface area contributed by atoms with Crippen molar-refractivity contribution in [3.8, 4) is 28.9 Å².